The van der Waals surface area contributed by atoms with Gasteiger partial charge in [-0.3, -0.25) is 0 Å². The first-order valence-corrected chi connectivity index (χ1v) is 4.29. The Bertz CT molecular complexity index is 317. The van der Waals surface area contributed by atoms with E-state index in [2.05, 4.69) is 9.99 Å². The third-order valence-electron chi connectivity index (χ3n) is 1.87. The topological polar surface area (TPSA) is 50.9 Å². The van der Waals surface area contributed by atoms with Crippen molar-refractivity contribution in [2.45, 2.75) is 0 Å². The first kappa shape index (κ1) is 10.4. The first-order valence-electron chi connectivity index (χ1n) is 4.29. The minimum Gasteiger partial charge on any atom is -0.397 e. The lowest BCUT2D eigenvalue weighted by atomic mass is 10.2. The molecule has 0 saturated carbocycles. The van der Waals surface area contributed by atoms with E-state index in [0.29, 0.717) is 5.84 Å². The van der Waals surface area contributed by atoms with Crippen molar-refractivity contribution in [2.75, 3.05) is 26.1 Å². The summed E-state index contributed by atoms with van der Waals surface area (Å²) in [5.74, 6) is 0.387. The second-order valence-corrected chi connectivity index (χ2v) is 3.10. The maximum Gasteiger partial charge on any atom is 0.170 e. The molecule has 14 heavy (non-hydrogen) atoms. The van der Waals surface area contributed by atoms with Crippen LogP contribution in [0.5, 0.6) is 0 Å². The molecule has 1 aromatic carbocycles. The first-order chi connectivity index (χ1) is 6.65. The van der Waals surface area contributed by atoms with Crippen LogP contribution in [-0.4, -0.2) is 27.0 Å². The van der Waals surface area contributed by atoms with Gasteiger partial charge >= 0.3 is 0 Å². The number of amidine groups is 1. The third-order valence-corrected chi connectivity index (χ3v) is 1.87. The van der Waals surface area contributed by atoms with Crippen LogP contribution in [0, 0.1) is 0 Å². The van der Waals surface area contributed by atoms with Gasteiger partial charge in [-0.25, -0.2) is 0 Å². The van der Waals surface area contributed by atoms with E-state index in [1.165, 1.54) is 7.11 Å². The summed E-state index contributed by atoms with van der Waals surface area (Å²) in [4.78, 5) is 6.61. The lowest BCUT2D eigenvalue weighted by Gasteiger charge is -2.12. The summed E-state index contributed by atoms with van der Waals surface area (Å²) >= 11 is 0. The standard InChI is InChI=1S/C10H15N3O/c1-13(2)9-6-4-8(5-7-9)10(11)12-14-3/h4-7H,1-3H3,(H2,11,12). The Labute approximate surface area is 84.0 Å². The SMILES string of the molecule is CO/N=C(\N)c1ccc(N(C)C)cc1. The van der Waals surface area contributed by atoms with Crippen LogP contribution in [0.25, 0.3) is 0 Å². The van der Waals surface area contributed by atoms with Crippen LogP contribution >= 0.6 is 0 Å². The number of benzene rings is 1. The van der Waals surface area contributed by atoms with Gasteiger partial charge in [0.1, 0.15) is 7.11 Å². The molecule has 0 saturated heterocycles. The molecule has 2 N–H and O–H groups in total. The Morgan fingerprint density at radius 2 is 1.86 bits per heavy atom. The highest BCUT2D eigenvalue weighted by atomic mass is 16.6. The number of nitrogens with two attached hydrogens (primary N) is 1. The zero-order chi connectivity index (χ0) is 10.6. The fourth-order valence-corrected chi connectivity index (χ4v) is 1.08. The largest absolute Gasteiger partial charge is 0.397 e. The van der Waals surface area contributed by atoms with Gasteiger partial charge in [0.05, 0.1) is 0 Å². The minimum atomic E-state index is 0.387. The van der Waals surface area contributed by atoms with E-state index in [1.54, 1.807) is 0 Å². The van der Waals surface area contributed by atoms with Crippen molar-refractivity contribution in [2.24, 2.45) is 10.9 Å². The quantitative estimate of drug-likeness (QED) is 0.443. The summed E-state index contributed by atoms with van der Waals surface area (Å²) < 4.78 is 0. The normalized spacial score (nSPS) is 11.2. The molecule has 1 rings (SSSR count). The van der Waals surface area contributed by atoms with Gasteiger partial charge in [-0.2, -0.15) is 0 Å². The Kier molecular flexibility index (Phi) is 3.34. The van der Waals surface area contributed by atoms with E-state index >= 15 is 0 Å². The maximum absolute atomic E-state index is 5.64. The molecular weight excluding hydrogens is 178 g/mol. The molecule has 0 radical (unpaired) electrons. The van der Waals surface area contributed by atoms with Crippen molar-refractivity contribution in [1.29, 1.82) is 0 Å². The van der Waals surface area contributed by atoms with Gasteiger partial charge in [0.15, 0.2) is 5.84 Å². The Hall–Kier alpha value is -1.71. The summed E-state index contributed by atoms with van der Waals surface area (Å²) in [6.45, 7) is 0. The summed E-state index contributed by atoms with van der Waals surface area (Å²) in [6.07, 6.45) is 0. The number of hydrogen-bond donors (Lipinski definition) is 1. The zero-order valence-electron chi connectivity index (χ0n) is 8.69. The van der Waals surface area contributed by atoms with Crippen molar-refractivity contribution in [3.8, 4) is 0 Å². The molecule has 0 aliphatic heterocycles. The highest BCUT2D eigenvalue weighted by Crippen LogP contribution is 2.11. The molecule has 76 valence electrons. The fraction of sp³-hybridized carbons (Fsp3) is 0.300. The van der Waals surface area contributed by atoms with E-state index < -0.39 is 0 Å². The molecule has 0 fully saturated rings. The maximum atomic E-state index is 5.64. The molecule has 1 aromatic rings. The lowest BCUT2D eigenvalue weighted by Crippen LogP contribution is -2.14. The molecule has 0 atom stereocenters. The lowest BCUT2D eigenvalue weighted by molar-refractivity contribution is 0.213. The van der Waals surface area contributed by atoms with E-state index in [9.17, 15) is 0 Å². The fourth-order valence-electron chi connectivity index (χ4n) is 1.08. The Morgan fingerprint density at radius 1 is 1.29 bits per heavy atom. The Morgan fingerprint density at radius 3 is 2.29 bits per heavy atom. The van der Waals surface area contributed by atoms with Crippen molar-refractivity contribution in [1.82, 2.24) is 0 Å². The molecule has 0 amide bonds. The number of rotatable bonds is 3. The van der Waals surface area contributed by atoms with Crippen LogP contribution in [0.15, 0.2) is 29.4 Å². The molecule has 0 bridgehead atoms. The summed E-state index contributed by atoms with van der Waals surface area (Å²) in [5, 5.41) is 3.65. The minimum absolute atomic E-state index is 0.387. The van der Waals surface area contributed by atoms with Gasteiger partial charge in [0.25, 0.3) is 0 Å². The van der Waals surface area contributed by atoms with E-state index in [0.717, 1.165) is 11.3 Å². The van der Waals surface area contributed by atoms with E-state index in [4.69, 9.17) is 5.73 Å². The zero-order valence-corrected chi connectivity index (χ0v) is 8.69. The Balaban J connectivity index is 2.88. The second-order valence-electron chi connectivity index (χ2n) is 3.10. The average molecular weight is 193 g/mol. The van der Waals surface area contributed by atoms with Crippen LogP contribution in [-0.2, 0) is 4.84 Å². The smallest absolute Gasteiger partial charge is 0.170 e. The molecule has 0 spiro atoms. The van der Waals surface area contributed by atoms with Gasteiger partial charge in [0.2, 0.25) is 0 Å². The number of oxime groups is 1. The molecule has 4 nitrogen and oxygen atoms in total. The number of nitrogens with zero attached hydrogens (tertiary/aromatic N) is 2. The van der Waals surface area contributed by atoms with Crippen molar-refractivity contribution in [3.05, 3.63) is 29.8 Å². The van der Waals surface area contributed by atoms with Crippen LogP contribution in [0.4, 0.5) is 5.69 Å². The second kappa shape index (κ2) is 4.50. The molecule has 0 heterocycles. The predicted molar refractivity (Wildman–Crippen MR) is 58.5 cm³/mol. The van der Waals surface area contributed by atoms with E-state index in [1.807, 2.05) is 43.3 Å². The summed E-state index contributed by atoms with van der Waals surface area (Å²) in [7, 11) is 5.45. The molecule has 0 unspecified atom stereocenters. The summed E-state index contributed by atoms with van der Waals surface area (Å²) in [5.41, 5.74) is 7.63. The van der Waals surface area contributed by atoms with Crippen LogP contribution in [0.2, 0.25) is 0 Å². The van der Waals surface area contributed by atoms with Crippen molar-refractivity contribution in [3.63, 3.8) is 0 Å². The van der Waals surface area contributed by atoms with Gasteiger partial charge in [-0.05, 0) is 24.3 Å². The van der Waals surface area contributed by atoms with Crippen LogP contribution < -0.4 is 10.6 Å². The molecule has 0 aliphatic rings. The third kappa shape index (κ3) is 2.39. The predicted octanol–water partition coefficient (Wildman–Crippen LogP) is 1.02. The summed E-state index contributed by atoms with van der Waals surface area (Å²) in [6, 6.07) is 7.78. The highest BCUT2D eigenvalue weighted by Gasteiger charge is 1.99. The van der Waals surface area contributed by atoms with E-state index in [-0.39, 0.29) is 0 Å². The van der Waals surface area contributed by atoms with Crippen LogP contribution in [0.1, 0.15) is 5.56 Å². The van der Waals surface area contributed by atoms with Gasteiger partial charge in [-0.15, -0.1) is 0 Å². The highest BCUT2D eigenvalue weighted by molar-refractivity contribution is 5.97. The molecule has 0 aliphatic carbocycles. The van der Waals surface area contributed by atoms with Gasteiger partial charge in [0, 0.05) is 25.3 Å². The van der Waals surface area contributed by atoms with Gasteiger partial charge < -0.3 is 15.5 Å². The molecular formula is C10H15N3O. The number of anilines is 1. The average Bonchev–Trinajstić information content (AvgIpc) is 2.18. The van der Waals surface area contributed by atoms with Gasteiger partial charge in [-0.1, -0.05) is 5.16 Å². The molecule has 4 heteroatoms. The molecule has 0 aromatic heterocycles. The number of hydrogen-bond acceptors (Lipinski definition) is 3. The monoisotopic (exact) mass is 193 g/mol. The van der Waals surface area contributed by atoms with Crippen molar-refractivity contribution >= 4 is 11.5 Å². The van der Waals surface area contributed by atoms with Crippen LogP contribution in [0.3, 0.4) is 0 Å². The van der Waals surface area contributed by atoms with Crippen molar-refractivity contribution < 1.29 is 4.84 Å².